The van der Waals surface area contributed by atoms with E-state index in [9.17, 15) is 19.2 Å². The number of carbonyl (C=O) groups is 4. The van der Waals surface area contributed by atoms with Crippen molar-refractivity contribution in [2.45, 2.75) is 19.6 Å². The number of esters is 1. The van der Waals surface area contributed by atoms with Crippen LogP contribution in [0.3, 0.4) is 0 Å². The van der Waals surface area contributed by atoms with Gasteiger partial charge in [-0.05, 0) is 42.8 Å². The van der Waals surface area contributed by atoms with E-state index >= 15 is 0 Å². The van der Waals surface area contributed by atoms with E-state index in [1.165, 1.54) is 44.4 Å². The molecule has 0 spiro atoms. The third-order valence-electron chi connectivity index (χ3n) is 4.30. The third-order valence-corrected chi connectivity index (χ3v) is 4.86. The van der Waals surface area contributed by atoms with Crippen molar-refractivity contribution in [3.8, 4) is 5.75 Å². The molecule has 0 aliphatic carbocycles. The van der Waals surface area contributed by atoms with Gasteiger partial charge in [-0.15, -0.1) is 0 Å². The van der Waals surface area contributed by atoms with Crippen molar-refractivity contribution in [3.05, 3.63) is 57.1 Å². The lowest BCUT2D eigenvalue weighted by Gasteiger charge is -2.14. The zero-order chi connectivity index (χ0) is 23.6. The molecular weight excluding hydrogens is 467 g/mol. The second kappa shape index (κ2) is 9.33. The molecule has 168 valence electrons. The second-order valence-corrected chi connectivity index (χ2v) is 7.36. The molecule has 1 aromatic heterocycles. The smallest absolute Gasteiger partial charge is 0.373 e. The Bertz CT molecular complexity index is 1120. The minimum Gasteiger partial charge on any atom is -0.479 e. The standard InChI is InChI=1S/C20H16Cl2N2O8/c1-9(18(26)27)31-16-12(21)5-10(6-13(16)22)7-14-17(25)24(20(29)23-14)8-11-3-4-15(32-11)19(28)30-2/h3-7,9H,8H2,1-2H3,(H,23,29)(H,26,27)/b14-7-/t9-/m1/s1. The molecule has 1 atom stereocenters. The fourth-order valence-corrected chi connectivity index (χ4v) is 3.31. The van der Waals surface area contributed by atoms with Crippen LogP contribution < -0.4 is 10.1 Å². The van der Waals surface area contributed by atoms with Gasteiger partial charge in [-0.3, -0.25) is 9.69 Å². The molecule has 10 nitrogen and oxygen atoms in total. The number of hydrogen-bond donors (Lipinski definition) is 2. The number of hydrogen-bond acceptors (Lipinski definition) is 7. The number of ether oxygens (including phenoxy) is 2. The van der Waals surface area contributed by atoms with Crippen LogP contribution in [0.2, 0.25) is 10.0 Å². The van der Waals surface area contributed by atoms with Crippen LogP contribution in [0.25, 0.3) is 6.08 Å². The Morgan fingerprint density at radius 1 is 1.25 bits per heavy atom. The van der Waals surface area contributed by atoms with Gasteiger partial charge in [-0.2, -0.15) is 0 Å². The predicted octanol–water partition coefficient (Wildman–Crippen LogP) is 3.32. The molecule has 2 N–H and O–H groups in total. The first-order chi connectivity index (χ1) is 15.1. The second-order valence-electron chi connectivity index (χ2n) is 6.55. The van der Waals surface area contributed by atoms with Crippen molar-refractivity contribution < 1.29 is 38.2 Å². The van der Waals surface area contributed by atoms with Crippen LogP contribution in [0, 0.1) is 0 Å². The number of nitrogens with one attached hydrogen (secondary N) is 1. The number of methoxy groups -OCH3 is 1. The Hall–Kier alpha value is -3.50. The number of nitrogens with zero attached hydrogens (tertiary/aromatic N) is 1. The first-order valence-electron chi connectivity index (χ1n) is 9.00. The number of carbonyl (C=O) groups excluding carboxylic acids is 3. The third kappa shape index (κ3) is 4.87. The Morgan fingerprint density at radius 3 is 2.50 bits per heavy atom. The van der Waals surface area contributed by atoms with Crippen LogP contribution >= 0.6 is 23.2 Å². The summed E-state index contributed by atoms with van der Waals surface area (Å²) < 4.78 is 15.1. The van der Waals surface area contributed by atoms with Crippen molar-refractivity contribution in [1.82, 2.24) is 10.2 Å². The number of rotatable bonds is 7. The molecule has 2 aromatic rings. The molecule has 0 saturated carbocycles. The minimum atomic E-state index is -1.20. The molecule has 1 aliphatic heterocycles. The summed E-state index contributed by atoms with van der Waals surface area (Å²) in [6, 6.07) is 4.94. The van der Waals surface area contributed by atoms with Crippen molar-refractivity contribution in [1.29, 1.82) is 0 Å². The van der Waals surface area contributed by atoms with E-state index in [1.54, 1.807) is 0 Å². The van der Waals surface area contributed by atoms with Crippen molar-refractivity contribution in [3.63, 3.8) is 0 Å². The van der Waals surface area contributed by atoms with Crippen LogP contribution in [0.5, 0.6) is 5.75 Å². The molecular formula is C20H16Cl2N2O8. The Kier molecular flexibility index (Phi) is 6.75. The van der Waals surface area contributed by atoms with E-state index in [2.05, 4.69) is 10.1 Å². The molecule has 1 aromatic carbocycles. The lowest BCUT2D eigenvalue weighted by Crippen LogP contribution is -2.30. The number of carboxylic acids is 1. The van der Waals surface area contributed by atoms with Gasteiger partial charge in [-0.1, -0.05) is 23.2 Å². The summed E-state index contributed by atoms with van der Waals surface area (Å²) in [6.45, 7) is 1.11. The summed E-state index contributed by atoms with van der Waals surface area (Å²) in [4.78, 5) is 48.2. The fourth-order valence-electron chi connectivity index (χ4n) is 2.71. The number of carboxylic acid groups (broad SMARTS) is 1. The summed E-state index contributed by atoms with van der Waals surface area (Å²) in [5.74, 6) is -2.40. The van der Waals surface area contributed by atoms with Gasteiger partial charge in [0.2, 0.25) is 5.76 Å². The summed E-state index contributed by atoms with van der Waals surface area (Å²) in [5.41, 5.74) is 0.321. The Balaban J connectivity index is 1.79. The largest absolute Gasteiger partial charge is 0.479 e. The van der Waals surface area contributed by atoms with Crippen LogP contribution in [-0.4, -0.2) is 47.1 Å². The number of halogens is 2. The SMILES string of the molecule is COC(=O)c1ccc(CN2C(=O)N/C(=C\c3cc(Cl)c(O[C@H](C)C(=O)O)c(Cl)c3)C2=O)o1. The van der Waals surface area contributed by atoms with E-state index in [4.69, 9.17) is 37.5 Å². The molecule has 1 fully saturated rings. The fraction of sp³-hybridized carbons (Fsp3) is 0.200. The lowest BCUT2D eigenvalue weighted by atomic mass is 10.1. The van der Waals surface area contributed by atoms with Crippen LogP contribution in [0.15, 0.2) is 34.4 Å². The van der Waals surface area contributed by atoms with E-state index in [0.717, 1.165) is 4.90 Å². The van der Waals surface area contributed by atoms with Gasteiger partial charge >= 0.3 is 18.0 Å². The number of furan rings is 1. The molecule has 32 heavy (non-hydrogen) atoms. The average Bonchev–Trinajstić information content (AvgIpc) is 3.30. The highest BCUT2D eigenvalue weighted by Crippen LogP contribution is 2.35. The van der Waals surface area contributed by atoms with Crippen molar-refractivity contribution in [2.75, 3.05) is 7.11 Å². The van der Waals surface area contributed by atoms with E-state index < -0.39 is 30.0 Å². The quantitative estimate of drug-likeness (QED) is 0.348. The topological polar surface area (TPSA) is 135 Å². The van der Waals surface area contributed by atoms with Gasteiger partial charge in [-0.25, -0.2) is 14.4 Å². The number of benzene rings is 1. The van der Waals surface area contributed by atoms with Gasteiger partial charge in [0.15, 0.2) is 11.9 Å². The van der Waals surface area contributed by atoms with Crippen LogP contribution in [-0.2, 0) is 20.9 Å². The number of aliphatic carboxylic acids is 1. The molecule has 0 unspecified atom stereocenters. The monoisotopic (exact) mass is 482 g/mol. The molecule has 1 aliphatic rings. The lowest BCUT2D eigenvalue weighted by molar-refractivity contribution is -0.144. The maximum absolute atomic E-state index is 12.7. The first kappa shape index (κ1) is 23.2. The molecule has 1 saturated heterocycles. The van der Waals surface area contributed by atoms with Gasteiger partial charge < -0.3 is 24.3 Å². The highest BCUT2D eigenvalue weighted by molar-refractivity contribution is 6.37. The number of urea groups is 1. The Morgan fingerprint density at radius 2 is 1.91 bits per heavy atom. The van der Waals surface area contributed by atoms with Crippen molar-refractivity contribution in [2.24, 2.45) is 0 Å². The minimum absolute atomic E-state index is 0.0203. The Labute approximate surface area is 191 Å². The summed E-state index contributed by atoms with van der Waals surface area (Å²) >= 11 is 12.3. The van der Waals surface area contributed by atoms with E-state index in [1.807, 2.05) is 0 Å². The molecule has 0 radical (unpaired) electrons. The van der Waals surface area contributed by atoms with Gasteiger partial charge in [0, 0.05) is 0 Å². The average molecular weight is 483 g/mol. The van der Waals surface area contributed by atoms with E-state index in [0.29, 0.717) is 5.56 Å². The number of imide groups is 1. The van der Waals surface area contributed by atoms with Gasteiger partial charge in [0.1, 0.15) is 11.5 Å². The molecule has 2 heterocycles. The number of amides is 3. The summed E-state index contributed by atoms with van der Waals surface area (Å²) in [7, 11) is 1.20. The molecule has 0 bridgehead atoms. The normalized spacial score (nSPS) is 15.6. The molecule has 3 amide bonds. The molecule has 3 rings (SSSR count). The summed E-state index contributed by atoms with van der Waals surface area (Å²) in [6.07, 6.45) is 0.171. The van der Waals surface area contributed by atoms with Crippen LogP contribution in [0.4, 0.5) is 4.79 Å². The zero-order valence-corrected chi connectivity index (χ0v) is 18.2. The zero-order valence-electron chi connectivity index (χ0n) is 16.7. The van der Waals surface area contributed by atoms with Crippen molar-refractivity contribution >= 4 is 53.2 Å². The first-order valence-corrected chi connectivity index (χ1v) is 9.76. The highest BCUT2D eigenvalue weighted by Gasteiger charge is 2.34. The maximum Gasteiger partial charge on any atom is 0.373 e. The van der Waals surface area contributed by atoms with Crippen LogP contribution in [0.1, 0.15) is 28.8 Å². The predicted molar refractivity (Wildman–Crippen MR) is 111 cm³/mol. The maximum atomic E-state index is 12.7. The highest BCUT2D eigenvalue weighted by atomic mass is 35.5. The van der Waals surface area contributed by atoms with E-state index in [-0.39, 0.29) is 39.6 Å². The summed E-state index contributed by atoms with van der Waals surface area (Å²) in [5, 5.41) is 11.4. The molecule has 12 heteroatoms. The van der Waals surface area contributed by atoms with Gasteiger partial charge in [0.25, 0.3) is 5.91 Å². The van der Waals surface area contributed by atoms with Gasteiger partial charge in [0.05, 0.1) is 23.7 Å².